The van der Waals surface area contributed by atoms with E-state index in [0.29, 0.717) is 4.32 Å². The van der Waals surface area contributed by atoms with Crippen LogP contribution in [-0.2, 0) is 0 Å². The molecule has 1 rings (SSSR count). The van der Waals surface area contributed by atoms with E-state index in [-0.39, 0.29) is 31.0 Å². The molecule has 0 radical (unpaired) electrons. The molecule has 3 N–H and O–H groups in total. The molecule has 1 aliphatic heterocycles. The van der Waals surface area contributed by atoms with Crippen molar-refractivity contribution in [2.75, 3.05) is 26.2 Å². The minimum Gasteiger partial charge on any atom is -1.00 e. The van der Waals surface area contributed by atoms with Gasteiger partial charge in [-0.05, 0) is 11.9 Å². The van der Waals surface area contributed by atoms with Crippen molar-refractivity contribution in [2.45, 2.75) is 0 Å². The second-order valence-corrected chi connectivity index (χ2v) is 3.93. The Labute approximate surface area is 100 Å². The van der Waals surface area contributed by atoms with E-state index in [1.165, 1.54) is 11.9 Å². The number of piperazine rings is 1. The summed E-state index contributed by atoms with van der Waals surface area (Å²) in [4.78, 5) is 0. The van der Waals surface area contributed by atoms with Gasteiger partial charge in [0.2, 0.25) is 0 Å². The molecule has 1 heterocycles. The van der Waals surface area contributed by atoms with Gasteiger partial charge in [0.05, 0.1) is 0 Å². The van der Waals surface area contributed by atoms with E-state index in [2.05, 4.69) is 9.62 Å². The summed E-state index contributed by atoms with van der Waals surface area (Å²) in [6.45, 7) is 4.13. The van der Waals surface area contributed by atoms with Crippen LogP contribution in [-0.4, -0.2) is 34.8 Å². The molecular weight excluding hydrogens is 189 g/mol. The number of thiocarbonyl (C=S) groups is 1. The third-order valence-electron chi connectivity index (χ3n) is 1.30. The van der Waals surface area contributed by atoms with E-state index in [0.717, 1.165) is 26.2 Å². The molecule has 0 unspecified atom stereocenters. The van der Waals surface area contributed by atoms with Crippen molar-refractivity contribution >= 4 is 28.5 Å². The molecule has 3 nitrogen and oxygen atoms in total. The molecule has 0 saturated carbocycles. The first-order valence-electron chi connectivity index (χ1n) is 3.22. The summed E-state index contributed by atoms with van der Waals surface area (Å²) in [6.07, 6.45) is 0. The molecule has 0 aromatic rings. The fourth-order valence-corrected chi connectivity index (χ4v) is 1.80. The van der Waals surface area contributed by atoms with E-state index in [1.54, 1.807) is 0 Å². The van der Waals surface area contributed by atoms with Crippen molar-refractivity contribution in [3.05, 3.63) is 0 Å². The van der Waals surface area contributed by atoms with Crippen LogP contribution in [0, 0.1) is 0 Å². The Morgan fingerprint density at radius 3 is 2.55 bits per heavy atom. The summed E-state index contributed by atoms with van der Waals surface area (Å²) >= 11 is 6.23. The van der Waals surface area contributed by atoms with Gasteiger partial charge in [0, 0.05) is 26.2 Å². The molecule has 6 heteroatoms. The van der Waals surface area contributed by atoms with E-state index in [1.807, 2.05) is 0 Å². The number of rotatable bonds is 1. The number of nitrogens with one attached hydrogen (secondary N) is 1. The number of hydrogen-bond acceptors (Lipinski definition) is 4. The van der Waals surface area contributed by atoms with Crippen LogP contribution in [0.5, 0.6) is 0 Å². The first-order chi connectivity index (χ1) is 4.79. The van der Waals surface area contributed by atoms with Crippen LogP contribution in [0.25, 0.3) is 0 Å². The maximum Gasteiger partial charge on any atom is 1.00 e. The smallest absolute Gasteiger partial charge is 1.00 e. The monoisotopic (exact) mass is 201 g/mol. The van der Waals surface area contributed by atoms with Gasteiger partial charge < -0.3 is 12.5 Å². The van der Waals surface area contributed by atoms with E-state index in [9.17, 15) is 0 Å². The zero-order valence-electron chi connectivity index (χ0n) is 7.67. The topological polar surface area (TPSA) is 41.3 Å². The average molecular weight is 201 g/mol. The van der Waals surface area contributed by atoms with Crippen molar-refractivity contribution in [3.8, 4) is 0 Å². The van der Waals surface area contributed by atoms with Gasteiger partial charge in [0.15, 0.2) is 0 Å². The quantitative estimate of drug-likeness (QED) is 0.267. The summed E-state index contributed by atoms with van der Waals surface area (Å²) in [7, 11) is 0. The first kappa shape index (κ1) is 12.2. The molecule has 1 saturated heterocycles. The minimum absolute atomic E-state index is 0. The third kappa shape index (κ3) is 5.41. The van der Waals surface area contributed by atoms with Crippen LogP contribution in [0.4, 0.5) is 0 Å². The molecule has 0 aromatic carbocycles. The average Bonchev–Trinajstić information content (AvgIpc) is 1.88. The van der Waals surface area contributed by atoms with Crippen molar-refractivity contribution in [1.29, 1.82) is 0 Å². The predicted octanol–water partition coefficient (Wildman–Crippen LogP) is -3.10. The van der Waals surface area contributed by atoms with Crippen LogP contribution >= 0.6 is 24.2 Å². The zero-order valence-corrected chi connectivity index (χ0v) is 10.3. The van der Waals surface area contributed by atoms with Gasteiger partial charge in [-0.15, -0.1) is 0 Å². The summed E-state index contributed by atoms with van der Waals surface area (Å²) in [6, 6.07) is 0. The molecule has 1 aliphatic rings. The van der Waals surface area contributed by atoms with Crippen molar-refractivity contribution in [3.63, 3.8) is 0 Å². The van der Waals surface area contributed by atoms with Crippen LogP contribution in [0.1, 0.15) is 1.43 Å². The normalized spacial score (nSPS) is 18.9. The van der Waals surface area contributed by atoms with Crippen molar-refractivity contribution in [1.82, 2.24) is 9.62 Å². The Kier molecular flexibility index (Phi) is 7.35. The molecule has 0 amide bonds. The molecule has 0 aromatic heterocycles. The van der Waals surface area contributed by atoms with Crippen LogP contribution < -0.4 is 40.6 Å². The summed E-state index contributed by atoms with van der Waals surface area (Å²) in [5, 5.41) is 3.25. The van der Waals surface area contributed by atoms with Gasteiger partial charge >= 0.3 is 29.6 Å². The standard InChI is InChI=1S/C5H11N3S2.Na.H/c6-5(9)10-8-3-1-7-2-4-8;;/h7H,1-4H2,(H2,6,9);;/q;+1;-1. The second-order valence-electron chi connectivity index (χ2n) is 2.09. The minimum atomic E-state index is 0. The summed E-state index contributed by atoms with van der Waals surface area (Å²) in [5.41, 5.74) is 5.36. The largest absolute Gasteiger partial charge is 1.00 e. The molecule has 60 valence electrons. The van der Waals surface area contributed by atoms with Gasteiger partial charge in [-0.3, -0.25) is 0 Å². The second kappa shape index (κ2) is 6.65. The van der Waals surface area contributed by atoms with Gasteiger partial charge in [0.1, 0.15) is 4.32 Å². The van der Waals surface area contributed by atoms with Gasteiger partial charge in [-0.2, -0.15) is 0 Å². The van der Waals surface area contributed by atoms with Gasteiger partial charge in [-0.1, -0.05) is 12.2 Å². The van der Waals surface area contributed by atoms with Crippen molar-refractivity contribution in [2.24, 2.45) is 5.73 Å². The Morgan fingerprint density at radius 2 is 2.09 bits per heavy atom. The maximum atomic E-state index is 5.36. The number of hydrogen-bond donors (Lipinski definition) is 2. The maximum absolute atomic E-state index is 5.36. The molecule has 11 heavy (non-hydrogen) atoms. The van der Waals surface area contributed by atoms with E-state index < -0.39 is 0 Å². The van der Waals surface area contributed by atoms with Crippen LogP contribution in [0.15, 0.2) is 0 Å². The first-order valence-corrected chi connectivity index (χ1v) is 4.40. The predicted molar refractivity (Wildman–Crippen MR) is 49.9 cm³/mol. The number of nitrogens with two attached hydrogens (primary N) is 1. The Balaban J connectivity index is 0. The molecule has 0 bridgehead atoms. The van der Waals surface area contributed by atoms with E-state index >= 15 is 0 Å². The van der Waals surface area contributed by atoms with Gasteiger partial charge in [0.25, 0.3) is 0 Å². The zero-order chi connectivity index (χ0) is 7.40. The SMILES string of the molecule is NC(=S)SN1CCNCC1.[H-].[Na+]. The molecule has 0 spiro atoms. The summed E-state index contributed by atoms with van der Waals surface area (Å²) in [5.74, 6) is 0. The molecule has 0 aliphatic carbocycles. The Morgan fingerprint density at radius 1 is 1.55 bits per heavy atom. The summed E-state index contributed by atoms with van der Waals surface area (Å²) < 4.78 is 2.70. The van der Waals surface area contributed by atoms with Crippen LogP contribution in [0.3, 0.4) is 0 Å². The molecule has 0 atom stereocenters. The molecule has 1 fully saturated rings. The van der Waals surface area contributed by atoms with E-state index in [4.69, 9.17) is 18.0 Å². The molecular formula is C5H12N3NaS2. The Hall–Kier alpha value is 1.16. The van der Waals surface area contributed by atoms with Crippen LogP contribution in [0.2, 0.25) is 0 Å². The fraction of sp³-hybridized carbons (Fsp3) is 0.800. The fourth-order valence-electron chi connectivity index (χ4n) is 0.863. The Bertz CT molecular complexity index is 132. The van der Waals surface area contributed by atoms with Gasteiger partial charge in [-0.25, -0.2) is 4.31 Å². The van der Waals surface area contributed by atoms with Crippen molar-refractivity contribution < 1.29 is 31.0 Å². The third-order valence-corrected chi connectivity index (χ3v) is 2.32. The number of nitrogens with zero attached hydrogens (tertiary/aromatic N) is 1.